The maximum Gasteiger partial charge on any atom is 0.387 e. The fourth-order valence-corrected chi connectivity index (χ4v) is 5.74. The molecule has 1 aromatic heterocycles. The zero-order valence-corrected chi connectivity index (χ0v) is 27.3. The molecule has 1 saturated carbocycles. The van der Waals surface area contributed by atoms with Crippen molar-refractivity contribution in [3.8, 4) is 11.5 Å². The number of carbonyl (C=O) groups excluding carboxylic acids is 1. The molecule has 9 nitrogen and oxygen atoms in total. The van der Waals surface area contributed by atoms with E-state index >= 15 is 0 Å². The quantitative estimate of drug-likeness (QED) is 0.0713. The van der Waals surface area contributed by atoms with Gasteiger partial charge in [0.2, 0.25) is 0 Å². The summed E-state index contributed by atoms with van der Waals surface area (Å²) in [6.07, 6.45) is 2.80. The van der Waals surface area contributed by atoms with E-state index in [9.17, 15) is 33.1 Å². The molecular formula is C35H31Cl2F3N2O7. The number of carboxylic acids is 1. The molecule has 1 unspecified atom stereocenters. The first-order valence-corrected chi connectivity index (χ1v) is 16.0. The van der Waals surface area contributed by atoms with Gasteiger partial charge in [0.05, 0.1) is 13.0 Å². The summed E-state index contributed by atoms with van der Waals surface area (Å²) < 4.78 is 57.4. The van der Waals surface area contributed by atoms with Crippen LogP contribution < -0.4 is 19.5 Å². The first-order chi connectivity index (χ1) is 23.5. The Hall–Kier alpha value is -4.52. The lowest BCUT2D eigenvalue weighted by Gasteiger charge is -2.21. The average Bonchev–Trinajstić information content (AvgIpc) is 3.87. The summed E-state index contributed by atoms with van der Waals surface area (Å²) in [6.45, 7) is -2.74. The van der Waals surface area contributed by atoms with Crippen molar-refractivity contribution in [3.05, 3.63) is 128 Å². The predicted octanol–water partition coefficient (Wildman–Crippen LogP) is 7.14. The molecule has 49 heavy (non-hydrogen) atoms. The summed E-state index contributed by atoms with van der Waals surface area (Å²) in [5.41, 5.74) is 1.85. The van der Waals surface area contributed by atoms with E-state index in [4.69, 9.17) is 32.7 Å². The molecule has 1 aliphatic carbocycles. The van der Waals surface area contributed by atoms with Crippen molar-refractivity contribution in [2.45, 2.75) is 51.0 Å². The zero-order chi connectivity index (χ0) is 35.1. The number of nitrogens with one attached hydrogen (secondary N) is 1. The van der Waals surface area contributed by atoms with Gasteiger partial charge in [0.1, 0.15) is 28.0 Å². The molecule has 0 bridgehead atoms. The Labute approximate surface area is 289 Å². The highest BCUT2D eigenvalue weighted by molar-refractivity contribution is 6.35. The van der Waals surface area contributed by atoms with Gasteiger partial charge in [-0.3, -0.25) is 14.9 Å². The van der Waals surface area contributed by atoms with Crippen LogP contribution in [0.4, 0.5) is 13.2 Å². The summed E-state index contributed by atoms with van der Waals surface area (Å²) in [7, 11) is 0. The minimum Gasteiger partial charge on any atom is -0.619 e. The van der Waals surface area contributed by atoms with Gasteiger partial charge in [-0.05, 0) is 53.6 Å². The van der Waals surface area contributed by atoms with Crippen LogP contribution >= 0.6 is 23.2 Å². The molecule has 2 N–H and O–H groups in total. The third-order valence-electron chi connectivity index (χ3n) is 7.76. The molecule has 3 aromatic carbocycles. The second kappa shape index (κ2) is 16.3. The van der Waals surface area contributed by atoms with Crippen LogP contribution in [0.25, 0.3) is 0 Å². The number of carboxylic acid groups (broad SMARTS) is 1. The van der Waals surface area contributed by atoms with Gasteiger partial charge in [0, 0.05) is 24.1 Å². The largest absolute Gasteiger partial charge is 0.619 e. The van der Waals surface area contributed by atoms with Crippen molar-refractivity contribution in [2.24, 2.45) is 5.92 Å². The van der Waals surface area contributed by atoms with Crippen LogP contribution in [0.3, 0.4) is 0 Å². The van der Waals surface area contributed by atoms with Crippen LogP contribution in [-0.2, 0) is 33.7 Å². The number of esters is 1. The monoisotopic (exact) mass is 718 g/mol. The number of halogens is 5. The van der Waals surface area contributed by atoms with Gasteiger partial charge in [-0.15, -0.1) is 0 Å². The number of hydrogen-bond donors (Lipinski definition) is 2. The highest BCUT2D eigenvalue weighted by Crippen LogP contribution is 2.38. The van der Waals surface area contributed by atoms with E-state index in [2.05, 4.69) is 10.1 Å². The maximum atomic E-state index is 14.3. The standard InChI is InChI=1S/C35H31Cl2F3N2O7/c36-26-17-42(46)18-27(37)25(26)15-30(23-10-11-29(49-35(39)40)31(14-23)47-19-20-8-9-20)48-32(43)13-21-4-3-5-22(12-21)16-41-33(34(44)45)24-6-1-2-7-28(24)38/h1-7,10-12,14,17-18,20,30,33,35,41H,8-9,13,15-16,19H2,(H,44,45)/t30-,33?/m0/s1. The van der Waals surface area contributed by atoms with E-state index in [-0.39, 0.29) is 46.5 Å². The molecule has 1 heterocycles. The molecule has 0 spiro atoms. The normalized spacial score (nSPS) is 13.9. The molecule has 0 amide bonds. The third kappa shape index (κ3) is 10.0. The number of aliphatic carboxylic acids is 1. The van der Waals surface area contributed by atoms with Crippen molar-refractivity contribution in [1.82, 2.24) is 5.32 Å². The lowest BCUT2D eigenvalue weighted by atomic mass is 10.0. The van der Waals surface area contributed by atoms with Crippen LogP contribution in [0, 0.1) is 16.9 Å². The summed E-state index contributed by atoms with van der Waals surface area (Å²) in [4.78, 5) is 25.3. The van der Waals surface area contributed by atoms with Gasteiger partial charge in [-0.25, -0.2) is 4.39 Å². The van der Waals surface area contributed by atoms with Gasteiger partial charge < -0.3 is 24.5 Å². The Morgan fingerprint density at radius 2 is 1.69 bits per heavy atom. The predicted molar refractivity (Wildman–Crippen MR) is 173 cm³/mol. The average molecular weight is 720 g/mol. The molecule has 0 saturated heterocycles. The number of ether oxygens (including phenoxy) is 3. The highest BCUT2D eigenvalue weighted by atomic mass is 35.5. The summed E-state index contributed by atoms with van der Waals surface area (Å²) in [6, 6.07) is 15.3. The topological polar surface area (TPSA) is 121 Å². The smallest absolute Gasteiger partial charge is 0.387 e. The van der Waals surface area contributed by atoms with Gasteiger partial charge >= 0.3 is 18.6 Å². The van der Waals surface area contributed by atoms with E-state index in [1.165, 1.54) is 36.4 Å². The van der Waals surface area contributed by atoms with Crippen molar-refractivity contribution in [2.75, 3.05) is 6.61 Å². The van der Waals surface area contributed by atoms with E-state index < -0.39 is 36.5 Å². The van der Waals surface area contributed by atoms with Crippen molar-refractivity contribution in [3.63, 3.8) is 0 Å². The van der Waals surface area contributed by atoms with E-state index in [1.54, 1.807) is 30.3 Å². The molecule has 0 aliphatic heterocycles. The number of carbonyl (C=O) groups is 2. The maximum absolute atomic E-state index is 14.3. The molecule has 0 radical (unpaired) electrons. The number of alkyl halides is 2. The van der Waals surface area contributed by atoms with Crippen LogP contribution in [0.15, 0.2) is 79.1 Å². The summed E-state index contributed by atoms with van der Waals surface area (Å²) in [5.74, 6) is -2.41. The number of hydrogen-bond acceptors (Lipinski definition) is 7. The molecular weight excluding hydrogens is 688 g/mol. The van der Waals surface area contributed by atoms with Gasteiger partial charge in [-0.1, -0.05) is 71.7 Å². The van der Waals surface area contributed by atoms with E-state index in [1.807, 2.05) is 0 Å². The highest BCUT2D eigenvalue weighted by Gasteiger charge is 2.27. The van der Waals surface area contributed by atoms with Gasteiger partial charge in [0.15, 0.2) is 23.9 Å². The summed E-state index contributed by atoms with van der Waals surface area (Å²) in [5, 5.41) is 24.4. The summed E-state index contributed by atoms with van der Waals surface area (Å²) >= 11 is 12.7. The first kappa shape index (κ1) is 35.8. The lowest BCUT2D eigenvalue weighted by Crippen LogP contribution is -2.29. The molecule has 1 aliphatic rings. The number of aromatic nitrogens is 1. The number of pyridine rings is 1. The number of benzene rings is 3. The number of rotatable bonds is 16. The Morgan fingerprint density at radius 1 is 0.980 bits per heavy atom. The Bertz CT molecular complexity index is 1790. The minimum absolute atomic E-state index is 0.0145. The zero-order valence-electron chi connectivity index (χ0n) is 25.8. The fourth-order valence-electron chi connectivity index (χ4n) is 5.14. The molecule has 14 heteroatoms. The van der Waals surface area contributed by atoms with Crippen LogP contribution in [0.5, 0.6) is 11.5 Å². The second-order valence-corrected chi connectivity index (χ2v) is 12.3. The molecule has 1 fully saturated rings. The van der Waals surface area contributed by atoms with E-state index in [0.29, 0.717) is 39.5 Å². The van der Waals surface area contributed by atoms with Crippen LogP contribution in [0.1, 0.15) is 52.8 Å². The van der Waals surface area contributed by atoms with Crippen LogP contribution in [-0.4, -0.2) is 30.3 Å². The Balaban J connectivity index is 1.35. The van der Waals surface area contributed by atoms with E-state index in [0.717, 1.165) is 25.2 Å². The lowest BCUT2D eigenvalue weighted by molar-refractivity contribution is -0.605. The first-order valence-electron chi connectivity index (χ1n) is 15.2. The van der Waals surface area contributed by atoms with Crippen LogP contribution in [0.2, 0.25) is 10.0 Å². The fraction of sp³-hybridized carbons (Fsp3) is 0.286. The molecule has 258 valence electrons. The third-order valence-corrected chi connectivity index (χ3v) is 8.41. The van der Waals surface area contributed by atoms with Gasteiger partial charge in [-0.2, -0.15) is 13.5 Å². The van der Waals surface area contributed by atoms with Gasteiger partial charge in [0.25, 0.3) is 0 Å². The Kier molecular flexibility index (Phi) is 11.9. The molecule has 4 aromatic rings. The molecule has 5 rings (SSSR count). The Morgan fingerprint density at radius 3 is 2.37 bits per heavy atom. The SMILES string of the molecule is O=C(Cc1cccc(CNC(C(=O)O)c2ccccc2F)c1)O[C@@H](Cc1c(Cl)c[n+]([O-])cc1Cl)c1ccc(OC(F)F)c(OCC2CC2)c1. The van der Waals surface area contributed by atoms with Crippen molar-refractivity contribution >= 4 is 35.1 Å². The second-order valence-electron chi connectivity index (χ2n) is 11.5. The minimum atomic E-state index is -3.09. The van der Waals surface area contributed by atoms with Crippen molar-refractivity contribution in [1.29, 1.82) is 0 Å². The number of nitrogens with zero attached hydrogens (tertiary/aromatic N) is 1. The molecule has 2 atom stereocenters. The van der Waals surface area contributed by atoms with Crippen molar-refractivity contribution < 1.29 is 46.8 Å².